The van der Waals surface area contributed by atoms with Crippen LogP contribution in [0.25, 0.3) is 0 Å². The number of nitrogens with one attached hydrogen (secondary N) is 3. The Balaban J connectivity index is 2.38. The highest BCUT2D eigenvalue weighted by Gasteiger charge is 2.15. The van der Waals surface area contributed by atoms with Crippen molar-refractivity contribution < 1.29 is 23.8 Å². The van der Waals surface area contributed by atoms with Crippen LogP contribution in [0.3, 0.4) is 0 Å². The van der Waals surface area contributed by atoms with Crippen LogP contribution in [0.1, 0.15) is 20.8 Å². The van der Waals surface area contributed by atoms with Gasteiger partial charge in [0.2, 0.25) is 0 Å². The molecule has 0 bridgehead atoms. The van der Waals surface area contributed by atoms with E-state index in [4.69, 9.17) is 14.2 Å². The third kappa shape index (κ3) is 7.57. The van der Waals surface area contributed by atoms with E-state index in [2.05, 4.69) is 16.0 Å². The summed E-state index contributed by atoms with van der Waals surface area (Å²) in [5.41, 5.74) is -0.0240. The van der Waals surface area contributed by atoms with E-state index in [-0.39, 0.29) is 13.1 Å². The minimum absolute atomic E-state index is 0.254. The summed E-state index contributed by atoms with van der Waals surface area (Å²) in [4.78, 5) is 23.3. The maximum absolute atomic E-state index is 11.8. The molecule has 0 radical (unpaired) electrons. The SMILES string of the molecule is COc1cc(NC(=O)NCCNC(=O)OC(C)(C)C)cc(OC)c1. The molecule has 3 amide bonds. The molecule has 134 valence electrons. The van der Waals surface area contributed by atoms with Crippen molar-refractivity contribution in [3.05, 3.63) is 18.2 Å². The summed E-state index contributed by atoms with van der Waals surface area (Å²) >= 11 is 0. The van der Waals surface area contributed by atoms with Crippen LogP contribution in [-0.2, 0) is 4.74 Å². The molecule has 0 saturated heterocycles. The van der Waals surface area contributed by atoms with E-state index in [9.17, 15) is 9.59 Å². The molecule has 0 heterocycles. The molecular formula is C16H25N3O5. The van der Waals surface area contributed by atoms with Crippen molar-refractivity contribution in [1.29, 1.82) is 0 Å². The smallest absolute Gasteiger partial charge is 0.407 e. The van der Waals surface area contributed by atoms with Gasteiger partial charge in [0, 0.05) is 37.0 Å². The van der Waals surface area contributed by atoms with E-state index in [1.807, 2.05) is 0 Å². The third-order valence-corrected chi connectivity index (χ3v) is 2.69. The molecule has 0 aromatic heterocycles. The number of anilines is 1. The largest absolute Gasteiger partial charge is 0.497 e. The van der Waals surface area contributed by atoms with Crippen LogP contribution in [0.4, 0.5) is 15.3 Å². The molecule has 3 N–H and O–H groups in total. The summed E-state index contributed by atoms with van der Waals surface area (Å²) in [7, 11) is 3.06. The van der Waals surface area contributed by atoms with Crippen LogP contribution in [0.15, 0.2) is 18.2 Å². The monoisotopic (exact) mass is 339 g/mol. The highest BCUT2D eigenvalue weighted by molar-refractivity contribution is 5.89. The van der Waals surface area contributed by atoms with Gasteiger partial charge in [-0.25, -0.2) is 9.59 Å². The highest BCUT2D eigenvalue weighted by Crippen LogP contribution is 2.25. The quantitative estimate of drug-likeness (QED) is 0.691. The number of carbonyl (C=O) groups is 2. The maximum Gasteiger partial charge on any atom is 0.407 e. The zero-order chi connectivity index (χ0) is 18.2. The zero-order valence-electron chi connectivity index (χ0n) is 14.7. The molecular weight excluding hydrogens is 314 g/mol. The van der Waals surface area contributed by atoms with Gasteiger partial charge in [0.15, 0.2) is 0 Å². The van der Waals surface area contributed by atoms with Gasteiger partial charge in [0.05, 0.1) is 14.2 Å². The van der Waals surface area contributed by atoms with Crippen molar-refractivity contribution in [3.63, 3.8) is 0 Å². The second-order valence-corrected chi connectivity index (χ2v) is 5.91. The molecule has 8 nitrogen and oxygen atoms in total. The summed E-state index contributed by atoms with van der Waals surface area (Å²) in [6.45, 7) is 5.85. The minimum atomic E-state index is -0.555. The average Bonchev–Trinajstić information content (AvgIpc) is 2.49. The van der Waals surface area contributed by atoms with Gasteiger partial charge in [-0.3, -0.25) is 0 Å². The molecule has 0 spiro atoms. The normalized spacial score (nSPS) is 10.5. The van der Waals surface area contributed by atoms with Gasteiger partial charge in [0.1, 0.15) is 17.1 Å². The molecule has 24 heavy (non-hydrogen) atoms. The van der Waals surface area contributed by atoms with Crippen molar-refractivity contribution in [3.8, 4) is 11.5 Å². The molecule has 0 unspecified atom stereocenters. The lowest BCUT2D eigenvalue weighted by Gasteiger charge is -2.19. The Kier molecular flexibility index (Phi) is 7.16. The molecule has 8 heteroatoms. The van der Waals surface area contributed by atoms with Crippen molar-refractivity contribution in [2.45, 2.75) is 26.4 Å². The first-order valence-electron chi connectivity index (χ1n) is 7.48. The minimum Gasteiger partial charge on any atom is -0.497 e. The number of alkyl carbamates (subject to hydrolysis) is 1. The summed E-state index contributed by atoms with van der Waals surface area (Å²) in [6, 6.07) is 4.63. The molecule has 0 aliphatic carbocycles. The number of carbonyl (C=O) groups excluding carboxylic acids is 2. The lowest BCUT2D eigenvalue weighted by Crippen LogP contribution is -2.39. The number of hydrogen-bond acceptors (Lipinski definition) is 5. The van der Waals surface area contributed by atoms with E-state index < -0.39 is 17.7 Å². The first-order valence-corrected chi connectivity index (χ1v) is 7.48. The first-order chi connectivity index (χ1) is 11.2. The second kappa shape index (κ2) is 8.85. The standard InChI is InChI=1S/C16H25N3O5/c1-16(2,3)24-15(21)18-7-6-17-14(20)19-11-8-12(22-4)10-13(9-11)23-5/h8-10H,6-7H2,1-5H3,(H,18,21)(H2,17,19,20). The van der Waals surface area contributed by atoms with Gasteiger partial charge in [-0.1, -0.05) is 0 Å². The number of benzene rings is 1. The fraction of sp³-hybridized carbons (Fsp3) is 0.500. The van der Waals surface area contributed by atoms with Gasteiger partial charge < -0.3 is 30.2 Å². The lowest BCUT2D eigenvalue weighted by molar-refractivity contribution is 0.0528. The topological polar surface area (TPSA) is 97.9 Å². The fourth-order valence-electron chi connectivity index (χ4n) is 1.71. The number of ether oxygens (including phenoxy) is 3. The summed E-state index contributed by atoms with van der Waals surface area (Å²) in [5, 5.41) is 7.84. The molecule has 0 aliphatic heterocycles. The van der Waals surface area contributed by atoms with Crippen LogP contribution in [0, 0.1) is 0 Å². The predicted octanol–water partition coefficient (Wildman–Crippen LogP) is 2.35. The number of hydrogen-bond donors (Lipinski definition) is 3. The van der Waals surface area contributed by atoms with E-state index in [0.29, 0.717) is 17.2 Å². The fourth-order valence-corrected chi connectivity index (χ4v) is 1.71. The van der Waals surface area contributed by atoms with E-state index in [1.165, 1.54) is 14.2 Å². The zero-order valence-corrected chi connectivity index (χ0v) is 14.7. The molecule has 1 aromatic rings. The second-order valence-electron chi connectivity index (χ2n) is 5.91. The molecule has 1 aromatic carbocycles. The maximum atomic E-state index is 11.8. The van der Waals surface area contributed by atoms with Crippen LogP contribution in [-0.4, -0.2) is 45.0 Å². The van der Waals surface area contributed by atoms with E-state index in [1.54, 1.807) is 39.0 Å². The van der Waals surface area contributed by atoms with E-state index >= 15 is 0 Å². The highest BCUT2D eigenvalue weighted by atomic mass is 16.6. The van der Waals surface area contributed by atoms with E-state index in [0.717, 1.165) is 0 Å². The van der Waals surface area contributed by atoms with Crippen LogP contribution in [0.2, 0.25) is 0 Å². The number of amides is 3. The van der Waals surface area contributed by atoms with Crippen molar-refractivity contribution in [2.24, 2.45) is 0 Å². The first kappa shape index (κ1) is 19.4. The molecule has 1 rings (SSSR count). The number of rotatable bonds is 6. The van der Waals surface area contributed by atoms with Gasteiger partial charge >= 0.3 is 12.1 Å². The Morgan fingerprint density at radius 3 is 2.00 bits per heavy atom. The van der Waals surface area contributed by atoms with Crippen molar-refractivity contribution >= 4 is 17.8 Å². The van der Waals surface area contributed by atoms with Crippen LogP contribution >= 0.6 is 0 Å². The van der Waals surface area contributed by atoms with Crippen molar-refractivity contribution in [2.75, 3.05) is 32.6 Å². The number of methoxy groups -OCH3 is 2. The molecule has 0 aliphatic rings. The number of urea groups is 1. The summed E-state index contributed by atoms with van der Waals surface area (Å²) in [6.07, 6.45) is -0.526. The molecule has 0 atom stereocenters. The molecule has 0 saturated carbocycles. The Morgan fingerprint density at radius 2 is 1.50 bits per heavy atom. The Hall–Kier alpha value is -2.64. The van der Waals surface area contributed by atoms with Crippen LogP contribution in [0.5, 0.6) is 11.5 Å². The van der Waals surface area contributed by atoms with Gasteiger partial charge in [-0.15, -0.1) is 0 Å². The predicted molar refractivity (Wildman–Crippen MR) is 90.8 cm³/mol. The Morgan fingerprint density at radius 1 is 0.958 bits per heavy atom. The Labute approximate surface area is 141 Å². The third-order valence-electron chi connectivity index (χ3n) is 2.69. The lowest BCUT2D eigenvalue weighted by atomic mass is 10.2. The average molecular weight is 339 g/mol. The van der Waals surface area contributed by atoms with Gasteiger partial charge in [-0.05, 0) is 20.8 Å². The van der Waals surface area contributed by atoms with Crippen molar-refractivity contribution in [1.82, 2.24) is 10.6 Å². The molecule has 0 fully saturated rings. The van der Waals surface area contributed by atoms with Gasteiger partial charge in [0.25, 0.3) is 0 Å². The Bertz CT molecular complexity index is 547. The van der Waals surface area contributed by atoms with Crippen LogP contribution < -0.4 is 25.4 Å². The summed E-state index contributed by atoms with van der Waals surface area (Å²) < 4.78 is 15.3. The summed E-state index contributed by atoms with van der Waals surface area (Å²) in [5.74, 6) is 1.13. The van der Waals surface area contributed by atoms with Gasteiger partial charge in [-0.2, -0.15) is 0 Å².